The summed E-state index contributed by atoms with van der Waals surface area (Å²) in [7, 11) is 0. The summed E-state index contributed by atoms with van der Waals surface area (Å²) in [6.07, 6.45) is 5.71. The van der Waals surface area contributed by atoms with Gasteiger partial charge in [0.1, 0.15) is 11.6 Å². The SMILES string of the molecule is CCCCC(CC)C(=O)N1CCCN(c2nc(Cc3ccc(F)cc3)ns2)CC1. The third-order valence-corrected chi connectivity index (χ3v) is 6.37. The van der Waals surface area contributed by atoms with Gasteiger partial charge in [-0.15, -0.1) is 0 Å². The maximum absolute atomic E-state index is 13.1. The molecule has 0 aliphatic carbocycles. The van der Waals surface area contributed by atoms with E-state index in [0.717, 1.165) is 74.8 Å². The molecule has 1 aromatic carbocycles. The summed E-state index contributed by atoms with van der Waals surface area (Å²) in [6.45, 7) is 7.54. The lowest BCUT2D eigenvalue weighted by Crippen LogP contribution is -2.39. The molecule has 1 amide bonds. The number of rotatable bonds is 8. The fraction of sp³-hybridized carbons (Fsp3) is 0.591. The Labute approximate surface area is 177 Å². The summed E-state index contributed by atoms with van der Waals surface area (Å²) in [4.78, 5) is 21.9. The van der Waals surface area contributed by atoms with Crippen molar-refractivity contribution in [3.63, 3.8) is 0 Å². The molecule has 1 aliphatic rings. The van der Waals surface area contributed by atoms with Crippen LogP contribution in [-0.2, 0) is 11.2 Å². The average molecular weight is 419 g/mol. The van der Waals surface area contributed by atoms with Crippen molar-refractivity contribution in [3.05, 3.63) is 41.5 Å². The van der Waals surface area contributed by atoms with Crippen LogP contribution >= 0.6 is 11.5 Å². The first-order valence-corrected chi connectivity index (χ1v) is 11.5. The van der Waals surface area contributed by atoms with E-state index in [-0.39, 0.29) is 11.7 Å². The smallest absolute Gasteiger partial charge is 0.225 e. The van der Waals surface area contributed by atoms with Gasteiger partial charge < -0.3 is 9.80 Å². The van der Waals surface area contributed by atoms with Gasteiger partial charge in [-0.05, 0) is 37.0 Å². The highest BCUT2D eigenvalue weighted by molar-refractivity contribution is 7.09. The standard InChI is InChI=1S/C22H31FN4OS/c1-3-5-7-18(4-2)21(28)26-12-6-13-27(15-14-26)22-24-20(25-29-22)16-17-8-10-19(23)11-9-17/h8-11,18H,3-7,12-16H2,1-2H3. The quantitative estimate of drug-likeness (QED) is 0.632. The second kappa shape index (κ2) is 10.7. The number of carbonyl (C=O) groups is 1. The van der Waals surface area contributed by atoms with Gasteiger partial charge in [0.25, 0.3) is 0 Å². The van der Waals surface area contributed by atoms with Gasteiger partial charge in [-0.3, -0.25) is 4.79 Å². The molecule has 1 aliphatic heterocycles. The van der Waals surface area contributed by atoms with Crippen molar-refractivity contribution in [2.75, 3.05) is 31.1 Å². The van der Waals surface area contributed by atoms with E-state index in [4.69, 9.17) is 4.98 Å². The molecular weight excluding hydrogens is 387 g/mol. The predicted molar refractivity (Wildman–Crippen MR) is 116 cm³/mol. The lowest BCUT2D eigenvalue weighted by Gasteiger charge is -2.25. The Morgan fingerprint density at radius 3 is 2.69 bits per heavy atom. The van der Waals surface area contributed by atoms with E-state index < -0.39 is 0 Å². The molecule has 0 saturated carbocycles. The summed E-state index contributed by atoms with van der Waals surface area (Å²) in [6, 6.07) is 6.47. The number of anilines is 1. The molecule has 0 spiro atoms. The topological polar surface area (TPSA) is 49.3 Å². The Balaban J connectivity index is 1.57. The molecule has 1 aromatic heterocycles. The van der Waals surface area contributed by atoms with E-state index >= 15 is 0 Å². The van der Waals surface area contributed by atoms with Gasteiger partial charge in [0, 0.05) is 50.1 Å². The van der Waals surface area contributed by atoms with Crippen molar-refractivity contribution in [1.29, 1.82) is 0 Å². The minimum atomic E-state index is -0.232. The van der Waals surface area contributed by atoms with Crippen molar-refractivity contribution < 1.29 is 9.18 Å². The third-order valence-electron chi connectivity index (χ3n) is 5.56. The highest BCUT2D eigenvalue weighted by Gasteiger charge is 2.25. The Bertz CT molecular complexity index is 779. The van der Waals surface area contributed by atoms with Crippen molar-refractivity contribution in [2.45, 2.75) is 52.4 Å². The van der Waals surface area contributed by atoms with Gasteiger partial charge in [-0.1, -0.05) is 38.8 Å². The first-order chi connectivity index (χ1) is 14.1. The van der Waals surface area contributed by atoms with E-state index in [0.29, 0.717) is 12.3 Å². The molecular formula is C22H31FN4OS. The van der Waals surface area contributed by atoms with E-state index in [9.17, 15) is 9.18 Å². The van der Waals surface area contributed by atoms with E-state index in [2.05, 4.69) is 23.1 Å². The van der Waals surface area contributed by atoms with E-state index in [1.807, 2.05) is 4.90 Å². The predicted octanol–water partition coefficient (Wildman–Crippen LogP) is 4.52. The van der Waals surface area contributed by atoms with Gasteiger partial charge >= 0.3 is 0 Å². The Morgan fingerprint density at radius 2 is 1.97 bits per heavy atom. The molecule has 1 atom stereocenters. The number of carbonyl (C=O) groups excluding carboxylic acids is 1. The number of hydrogen-bond acceptors (Lipinski definition) is 5. The number of hydrogen-bond donors (Lipinski definition) is 0. The Morgan fingerprint density at radius 1 is 1.17 bits per heavy atom. The van der Waals surface area contributed by atoms with Crippen molar-refractivity contribution in [1.82, 2.24) is 14.3 Å². The number of halogens is 1. The molecule has 2 heterocycles. The van der Waals surface area contributed by atoms with Gasteiger partial charge in [-0.25, -0.2) is 9.37 Å². The molecule has 0 bridgehead atoms. The van der Waals surface area contributed by atoms with E-state index in [1.165, 1.54) is 23.7 Å². The molecule has 0 radical (unpaired) electrons. The Hall–Kier alpha value is -2.02. The van der Waals surface area contributed by atoms with Gasteiger partial charge in [-0.2, -0.15) is 4.37 Å². The number of aromatic nitrogens is 2. The number of unbranched alkanes of at least 4 members (excludes halogenated alkanes) is 1. The molecule has 3 rings (SSSR count). The van der Waals surface area contributed by atoms with Crippen LogP contribution in [0.3, 0.4) is 0 Å². The first kappa shape index (κ1) is 21.7. The summed E-state index contributed by atoms with van der Waals surface area (Å²) >= 11 is 1.41. The van der Waals surface area contributed by atoms with Crippen LogP contribution in [-0.4, -0.2) is 46.3 Å². The minimum Gasteiger partial charge on any atom is -0.345 e. The first-order valence-electron chi connectivity index (χ1n) is 10.7. The van der Waals surface area contributed by atoms with Gasteiger partial charge in [0.15, 0.2) is 0 Å². The molecule has 2 aromatic rings. The molecule has 1 saturated heterocycles. The fourth-order valence-corrected chi connectivity index (χ4v) is 4.51. The van der Waals surface area contributed by atoms with E-state index in [1.54, 1.807) is 12.1 Å². The summed E-state index contributed by atoms with van der Waals surface area (Å²) in [5, 5.41) is 0.912. The lowest BCUT2D eigenvalue weighted by molar-refractivity contribution is -0.135. The summed E-state index contributed by atoms with van der Waals surface area (Å²) < 4.78 is 17.6. The van der Waals surface area contributed by atoms with Crippen LogP contribution in [0.15, 0.2) is 24.3 Å². The number of benzene rings is 1. The molecule has 0 N–H and O–H groups in total. The maximum Gasteiger partial charge on any atom is 0.225 e. The molecule has 158 valence electrons. The van der Waals surface area contributed by atoms with Crippen molar-refractivity contribution >= 4 is 22.6 Å². The summed E-state index contributed by atoms with van der Waals surface area (Å²) in [5.41, 5.74) is 1.00. The van der Waals surface area contributed by atoms with Crippen LogP contribution in [0.5, 0.6) is 0 Å². The highest BCUT2D eigenvalue weighted by Crippen LogP contribution is 2.22. The van der Waals surface area contributed by atoms with Crippen LogP contribution in [0, 0.1) is 11.7 Å². The molecule has 1 fully saturated rings. The van der Waals surface area contributed by atoms with Crippen LogP contribution in [0.25, 0.3) is 0 Å². The molecule has 7 heteroatoms. The lowest BCUT2D eigenvalue weighted by atomic mass is 9.97. The number of amides is 1. The second-order valence-corrected chi connectivity index (χ2v) is 8.44. The van der Waals surface area contributed by atoms with Gasteiger partial charge in [0.05, 0.1) is 0 Å². The van der Waals surface area contributed by atoms with Crippen LogP contribution in [0.4, 0.5) is 9.52 Å². The largest absolute Gasteiger partial charge is 0.345 e. The fourth-order valence-electron chi connectivity index (χ4n) is 3.77. The average Bonchev–Trinajstić information content (AvgIpc) is 3.05. The van der Waals surface area contributed by atoms with Crippen LogP contribution < -0.4 is 4.90 Å². The maximum atomic E-state index is 13.1. The van der Waals surface area contributed by atoms with Crippen LogP contribution in [0.1, 0.15) is 57.3 Å². The number of nitrogens with zero attached hydrogens (tertiary/aromatic N) is 4. The molecule has 5 nitrogen and oxygen atoms in total. The third kappa shape index (κ3) is 5.98. The highest BCUT2D eigenvalue weighted by atomic mass is 32.1. The van der Waals surface area contributed by atoms with Crippen molar-refractivity contribution in [3.8, 4) is 0 Å². The summed E-state index contributed by atoms with van der Waals surface area (Å²) in [5.74, 6) is 1.01. The zero-order valence-electron chi connectivity index (χ0n) is 17.4. The van der Waals surface area contributed by atoms with Gasteiger partial charge in [0.2, 0.25) is 11.0 Å². The monoisotopic (exact) mass is 418 g/mol. The second-order valence-electron chi connectivity index (χ2n) is 7.71. The molecule has 29 heavy (non-hydrogen) atoms. The zero-order valence-corrected chi connectivity index (χ0v) is 18.3. The Kier molecular flexibility index (Phi) is 7.98. The minimum absolute atomic E-state index is 0.158. The molecule has 1 unspecified atom stereocenters. The van der Waals surface area contributed by atoms with Crippen molar-refractivity contribution in [2.24, 2.45) is 5.92 Å². The normalized spacial score (nSPS) is 16.0. The van der Waals surface area contributed by atoms with Crippen LogP contribution in [0.2, 0.25) is 0 Å². The zero-order chi connectivity index (χ0) is 20.6.